The molecular formula is C10H10N2O6S2. The molecule has 0 aromatic heterocycles. The van der Waals surface area contributed by atoms with Gasteiger partial charge in [-0.3, -0.25) is 9.11 Å². The van der Waals surface area contributed by atoms with Crippen LogP contribution < -0.4 is 11.5 Å². The summed E-state index contributed by atoms with van der Waals surface area (Å²) in [7, 11) is -9.02. The average Bonchev–Trinajstić information content (AvgIpc) is 2.25. The van der Waals surface area contributed by atoms with Gasteiger partial charge in [-0.05, 0) is 29.7 Å². The van der Waals surface area contributed by atoms with Crippen LogP contribution in [0.25, 0.3) is 10.8 Å². The fourth-order valence-electron chi connectivity index (χ4n) is 1.82. The molecule has 6 N–H and O–H groups in total. The largest absolute Gasteiger partial charge is 0.398 e. The topological polar surface area (TPSA) is 161 Å². The van der Waals surface area contributed by atoms with Gasteiger partial charge in [0.25, 0.3) is 20.2 Å². The van der Waals surface area contributed by atoms with E-state index in [9.17, 15) is 16.8 Å². The first kappa shape index (κ1) is 14.5. The summed E-state index contributed by atoms with van der Waals surface area (Å²) in [5, 5.41) is 0.287. The van der Waals surface area contributed by atoms with Gasteiger partial charge in [0.15, 0.2) is 0 Å². The lowest BCUT2D eigenvalue weighted by atomic mass is 10.1. The average molecular weight is 318 g/mol. The second-order valence-corrected chi connectivity index (χ2v) is 6.92. The van der Waals surface area contributed by atoms with Crippen molar-refractivity contribution < 1.29 is 25.9 Å². The van der Waals surface area contributed by atoms with Crippen molar-refractivity contribution in [3.05, 3.63) is 24.3 Å². The molecule has 2 aromatic carbocycles. The number of nitrogens with two attached hydrogens (primary N) is 2. The Balaban J connectivity index is 2.95. The molecule has 2 rings (SSSR count). The molecule has 0 radical (unpaired) electrons. The zero-order valence-electron chi connectivity index (χ0n) is 9.81. The third kappa shape index (κ3) is 2.54. The zero-order chi connectivity index (χ0) is 15.3. The Morgan fingerprint density at radius 3 is 1.40 bits per heavy atom. The predicted octanol–water partition coefficient (Wildman–Crippen LogP) is 0.498. The van der Waals surface area contributed by atoms with Crippen molar-refractivity contribution in [2.24, 2.45) is 0 Å². The van der Waals surface area contributed by atoms with Gasteiger partial charge in [-0.15, -0.1) is 0 Å². The number of rotatable bonds is 2. The summed E-state index contributed by atoms with van der Waals surface area (Å²) < 4.78 is 62.4. The van der Waals surface area contributed by atoms with E-state index in [-0.39, 0.29) is 22.1 Å². The van der Waals surface area contributed by atoms with E-state index in [1.165, 1.54) is 0 Å². The molecule has 0 saturated carbocycles. The Morgan fingerprint density at radius 2 is 1.10 bits per heavy atom. The second-order valence-electron chi connectivity index (χ2n) is 4.07. The lowest BCUT2D eigenvalue weighted by Crippen LogP contribution is -2.04. The van der Waals surface area contributed by atoms with Gasteiger partial charge in [0, 0.05) is 16.8 Å². The summed E-state index contributed by atoms with van der Waals surface area (Å²) in [6, 6.07) is 4.01. The maximum absolute atomic E-state index is 11.1. The number of anilines is 2. The summed E-state index contributed by atoms with van der Waals surface area (Å²) >= 11 is 0. The van der Waals surface area contributed by atoms with Crippen LogP contribution in [-0.4, -0.2) is 25.9 Å². The molecule has 0 atom stereocenters. The third-order valence-electron chi connectivity index (χ3n) is 2.65. The molecule has 20 heavy (non-hydrogen) atoms. The van der Waals surface area contributed by atoms with E-state index in [4.69, 9.17) is 20.6 Å². The van der Waals surface area contributed by atoms with E-state index >= 15 is 0 Å². The Labute approximate surface area is 114 Å². The Hall–Kier alpha value is -1.88. The van der Waals surface area contributed by atoms with Gasteiger partial charge in [-0.1, -0.05) is 0 Å². The molecule has 0 heterocycles. The number of nitrogen functional groups attached to an aromatic ring is 2. The molecule has 0 aliphatic heterocycles. The molecule has 0 aliphatic carbocycles. The molecule has 0 fully saturated rings. The van der Waals surface area contributed by atoms with Crippen molar-refractivity contribution in [2.45, 2.75) is 9.79 Å². The van der Waals surface area contributed by atoms with Gasteiger partial charge in [0.1, 0.15) is 0 Å². The molecule has 10 heteroatoms. The van der Waals surface area contributed by atoms with E-state index in [1.54, 1.807) is 0 Å². The SMILES string of the molecule is Nc1cc(S(=O)(=O)O)cc2cc(S(=O)(=O)O)cc(N)c12. The van der Waals surface area contributed by atoms with Crippen LogP contribution in [0.3, 0.4) is 0 Å². The summed E-state index contributed by atoms with van der Waals surface area (Å²) in [4.78, 5) is -1.01. The number of fused-ring (bicyclic) bond motifs is 1. The van der Waals surface area contributed by atoms with Crippen LogP contribution in [0.5, 0.6) is 0 Å². The Kier molecular flexibility index (Phi) is 3.13. The van der Waals surface area contributed by atoms with Gasteiger partial charge in [0.2, 0.25) is 0 Å². The van der Waals surface area contributed by atoms with Crippen LogP contribution in [0.4, 0.5) is 11.4 Å². The molecule has 0 saturated heterocycles. The molecule has 2 aromatic rings. The highest BCUT2D eigenvalue weighted by Crippen LogP contribution is 2.32. The lowest BCUT2D eigenvalue weighted by Gasteiger charge is -2.09. The van der Waals surface area contributed by atoms with E-state index in [0.717, 1.165) is 24.3 Å². The molecule has 108 valence electrons. The van der Waals surface area contributed by atoms with Crippen LogP contribution >= 0.6 is 0 Å². The van der Waals surface area contributed by atoms with E-state index in [2.05, 4.69) is 0 Å². The first-order valence-electron chi connectivity index (χ1n) is 5.08. The lowest BCUT2D eigenvalue weighted by molar-refractivity contribution is 0.481. The van der Waals surface area contributed by atoms with Crippen molar-refractivity contribution in [1.82, 2.24) is 0 Å². The maximum Gasteiger partial charge on any atom is 0.294 e. The number of hydrogen-bond acceptors (Lipinski definition) is 6. The standard InChI is InChI=1S/C10H10N2O6S2/c11-8-3-6(19(13,14)15)1-5-2-7(20(16,17)18)4-9(12)10(5)8/h1-4H,11-12H2,(H,13,14,15)(H,16,17,18). The van der Waals surface area contributed by atoms with Crippen LogP contribution in [0, 0.1) is 0 Å². The summed E-state index contributed by atoms with van der Waals surface area (Å²) in [5.41, 5.74) is 11.2. The minimum atomic E-state index is -4.51. The Bertz CT molecular complexity index is 846. The summed E-state index contributed by atoms with van der Waals surface area (Å²) in [6.07, 6.45) is 0. The fourth-order valence-corrected chi connectivity index (χ4v) is 2.93. The van der Waals surface area contributed by atoms with E-state index in [0.29, 0.717) is 0 Å². The minimum absolute atomic E-state index is 0.0467. The van der Waals surface area contributed by atoms with Crippen LogP contribution in [0.2, 0.25) is 0 Å². The smallest absolute Gasteiger partial charge is 0.294 e. The van der Waals surface area contributed by atoms with Crippen LogP contribution in [-0.2, 0) is 20.2 Å². The highest BCUT2D eigenvalue weighted by atomic mass is 32.2. The van der Waals surface area contributed by atoms with Crippen LogP contribution in [0.15, 0.2) is 34.1 Å². The van der Waals surface area contributed by atoms with Gasteiger partial charge in [-0.2, -0.15) is 16.8 Å². The monoisotopic (exact) mass is 318 g/mol. The van der Waals surface area contributed by atoms with E-state index < -0.39 is 30.0 Å². The molecule has 0 aliphatic rings. The Morgan fingerprint density at radius 1 is 0.750 bits per heavy atom. The third-order valence-corrected chi connectivity index (χ3v) is 4.32. The van der Waals surface area contributed by atoms with Gasteiger partial charge < -0.3 is 11.5 Å². The highest BCUT2D eigenvalue weighted by Gasteiger charge is 2.17. The maximum atomic E-state index is 11.1. The predicted molar refractivity (Wildman–Crippen MR) is 72.4 cm³/mol. The minimum Gasteiger partial charge on any atom is -0.398 e. The van der Waals surface area contributed by atoms with Gasteiger partial charge in [0.05, 0.1) is 9.79 Å². The van der Waals surface area contributed by atoms with Crippen molar-refractivity contribution >= 4 is 42.4 Å². The summed E-state index contributed by atoms with van der Waals surface area (Å²) in [6.45, 7) is 0. The molecule has 0 bridgehead atoms. The quantitative estimate of drug-likeness (QED) is 0.459. The zero-order valence-corrected chi connectivity index (χ0v) is 11.4. The van der Waals surface area contributed by atoms with Crippen molar-refractivity contribution in [3.63, 3.8) is 0 Å². The van der Waals surface area contributed by atoms with Crippen molar-refractivity contribution in [1.29, 1.82) is 0 Å². The molecule has 0 spiro atoms. The van der Waals surface area contributed by atoms with Crippen molar-refractivity contribution in [3.8, 4) is 0 Å². The summed E-state index contributed by atoms with van der Waals surface area (Å²) in [5.74, 6) is 0. The molecule has 0 amide bonds. The second kappa shape index (κ2) is 4.31. The highest BCUT2D eigenvalue weighted by molar-refractivity contribution is 7.86. The van der Waals surface area contributed by atoms with E-state index in [1.807, 2.05) is 0 Å². The normalized spacial score (nSPS) is 12.7. The van der Waals surface area contributed by atoms with Gasteiger partial charge >= 0.3 is 0 Å². The first-order chi connectivity index (χ1) is 9.00. The van der Waals surface area contributed by atoms with Crippen molar-refractivity contribution in [2.75, 3.05) is 11.5 Å². The number of benzene rings is 2. The number of hydrogen-bond donors (Lipinski definition) is 4. The van der Waals surface area contributed by atoms with Gasteiger partial charge in [-0.25, -0.2) is 0 Å². The first-order valence-corrected chi connectivity index (χ1v) is 7.96. The molecular weight excluding hydrogens is 308 g/mol. The fraction of sp³-hybridized carbons (Fsp3) is 0. The molecule has 8 nitrogen and oxygen atoms in total. The van der Waals surface area contributed by atoms with Crippen LogP contribution in [0.1, 0.15) is 0 Å². The molecule has 0 unspecified atom stereocenters.